The number of urea groups is 1. The average Bonchev–Trinajstić information content (AvgIpc) is 2.64. The molecule has 1 aromatic rings. The maximum absolute atomic E-state index is 12.5. The van der Waals surface area contributed by atoms with E-state index in [1.807, 2.05) is 41.0 Å². The molecule has 24 heavy (non-hydrogen) atoms. The highest BCUT2D eigenvalue weighted by Gasteiger charge is 2.29. The standard InChI is InChI=1S/C18H24N4O2/c1-15-2-4-16(5-3-15)17(14-19)20-6-8-21(9-7-20)18(23)22-10-12-24-13-11-22/h2-5,17H,6-13H2,1H3. The predicted molar refractivity (Wildman–Crippen MR) is 90.5 cm³/mol. The maximum Gasteiger partial charge on any atom is 0.320 e. The molecule has 2 amide bonds. The molecule has 2 saturated heterocycles. The van der Waals surface area contributed by atoms with Gasteiger partial charge in [0.2, 0.25) is 0 Å². The summed E-state index contributed by atoms with van der Waals surface area (Å²) < 4.78 is 5.30. The Morgan fingerprint density at radius 1 is 1.04 bits per heavy atom. The molecule has 2 fully saturated rings. The molecule has 2 aliphatic heterocycles. The highest BCUT2D eigenvalue weighted by atomic mass is 16.5. The lowest BCUT2D eigenvalue weighted by molar-refractivity contribution is 0.0363. The molecule has 2 aliphatic rings. The van der Waals surface area contributed by atoms with Crippen LogP contribution in [0.5, 0.6) is 0 Å². The molecule has 1 aromatic carbocycles. The Morgan fingerprint density at radius 2 is 1.62 bits per heavy atom. The van der Waals surface area contributed by atoms with Crippen LogP contribution >= 0.6 is 0 Å². The Bertz CT molecular complexity index is 596. The van der Waals surface area contributed by atoms with Gasteiger partial charge >= 0.3 is 6.03 Å². The third kappa shape index (κ3) is 3.69. The summed E-state index contributed by atoms with van der Waals surface area (Å²) in [6.45, 7) is 7.41. The van der Waals surface area contributed by atoms with Crippen molar-refractivity contribution < 1.29 is 9.53 Å². The van der Waals surface area contributed by atoms with Crippen molar-refractivity contribution in [2.45, 2.75) is 13.0 Å². The van der Waals surface area contributed by atoms with Crippen LogP contribution < -0.4 is 0 Å². The summed E-state index contributed by atoms with van der Waals surface area (Å²) in [7, 11) is 0. The van der Waals surface area contributed by atoms with Crippen LogP contribution in [0.25, 0.3) is 0 Å². The zero-order valence-electron chi connectivity index (χ0n) is 14.1. The monoisotopic (exact) mass is 328 g/mol. The van der Waals surface area contributed by atoms with Gasteiger partial charge in [0.05, 0.1) is 19.3 Å². The highest BCUT2D eigenvalue weighted by molar-refractivity contribution is 5.74. The first-order chi connectivity index (χ1) is 11.7. The number of benzene rings is 1. The van der Waals surface area contributed by atoms with E-state index in [1.165, 1.54) is 5.56 Å². The summed E-state index contributed by atoms with van der Waals surface area (Å²) in [6, 6.07) is 10.4. The van der Waals surface area contributed by atoms with Gasteiger partial charge in [0.25, 0.3) is 0 Å². The van der Waals surface area contributed by atoms with E-state index >= 15 is 0 Å². The number of nitrogens with zero attached hydrogens (tertiary/aromatic N) is 4. The molecule has 0 N–H and O–H groups in total. The summed E-state index contributed by atoms with van der Waals surface area (Å²) in [5, 5.41) is 9.59. The normalized spacial score (nSPS) is 20.5. The molecule has 0 saturated carbocycles. The smallest absolute Gasteiger partial charge is 0.320 e. The van der Waals surface area contributed by atoms with Crippen LogP contribution in [0, 0.1) is 18.3 Å². The number of carbonyl (C=O) groups excluding carboxylic acids is 1. The largest absolute Gasteiger partial charge is 0.378 e. The molecule has 3 rings (SSSR count). The van der Waals surface area contributed by atoms with E-state index in [2.05, 4.69) is 11.0 Å². The van der Waals surface area contributed by atoms with Crippen LogP contribution in [0.4, 0.5) is 4.79 Å². The summed E-state index contributed by atoms with van der Waals surface area (Å²) in [6.07, 6.45) is 0. The molecule has 6 nitrogen and oxygen atoms in total. The lowest BCUT2D eigenvalue weighted by atomic mass is 10.0. The number of aryl methyl sites for hydroxylation is 1. The van der Waals surface area contributed by atoms with Gasteiger partial charge in [-0.05, 0) is 12.5 Å². The van der Waals surface area contributed by atoms with Crippen molar-refractivity contribution >= 4 is 6.03 Å². The SMILES string of the molecule is Cc1ccc(C(C#N)N2CCN(C(=O)N3CCOCC3)CC2)cc1. The molecule has 0 aromatic heterocycles. The van der Waals surface area contributed by atoms with Gasteiger partial charge < -0.3 is 14.5 Å². The average molecular weight is 328 g/mol. The van der Waals surface area contributed by atoms with E-state index in [0.717, 1.165) is 18.7 Å². The molecular formula is C18H24N4O2. The number of hydrogen-bond acceptors (Lipinski definition) is 4. The van der Waals surface area contributed by atoms with Crippen molar-refractivity contribution in [1.82, 2.24) is 14.7 Å². The number of ether oxygens (including phenoxy) is 1. The van der Waals surface area contributed by atoms with E-state index in [9.17, 15) is 10.1 Å². The van der Waals surface area contributed by atoms with E-state index in [4.69, 9.17) is 4.74 Å². The second-order valence-electron chi connectivity index (χ2n) is 6.35. The fourth-order valence-electron chi connectivity index (χ4n) is 3.24. The number of nitriles is 1. The van der Waals surface area contributed by atoms with Gasteiger partial charge in [-0.3, -0.25) is 4.90 Å². The minimum absolute atomic E-state index is 0.0989. The molecule has 128 valence electrons. The van der Waals surface area contributed by atoms with Crippen LogP contribution in [-0.4, -0.2) is 73.2 Å². The van der Waals surface area contributed by atoms with Crippen molar-refractivity contribution in [3.05, 3.63) is 35.4 Å². The van der Waals surface area contributed by atoms with E-state index in [-0.39, 0.29) is 12.1 Å². The topological polar surface area (TPSA) is 59.8 Å². The number of carbonyl (C=O) groups is 1. The molecule has 0 bridgehead atoms. The van der Waals surface area contributed by atoms with Gasteiger partial charge in [0.1, 0.15) is 6.04 Å². The number of morpholine rings is 1. The third-order valence-electron chi connectivity index (χ3n) is 4.75. The zero-order chi connectivity index (χ0) is 16.9. The number of rotatable bonds is 2. The second-order valence-corrected chi connectivity index (χ2v) is 6.35. The maximum atomic E-state index is 12.5. The summed E-state index contributed by atoms with van der Waals surface area (Å²) in [5.74, 6) is 0. The molecule has 2 heterocycles. The van der Waals surface area contributed by atoms with Crippen LogP contribution in [0.1, 0.15) is 17.2 Å². The Hall–Kier alpha value is -2.10. The van der Waals surface area contributed by atoms with E-state index in [0.29, 0.717) is 39.4 Å². The van der Waals surface area contributed by atoms with Crippen LogP contribution in [0.2, 0.25) is 0 Å². The van der Waals surface area contributed by atoms with Gasteiger partial charge in [-0.2, -0.15) is 5.26 Å². The van der Waals surface area contributed by atoms with Crippen molar-refractivity contribution in [2.24, 2.45) is 0 Å². The fourth-order valence-corrected chi connectivity index (χ4v) is 3.24. The second kappa shape index (κ2) is 7.65. The summed E-state index contributed by atoms with van der Waals surface area (Å²) in [5.41, 5.74) is 2.22. The molecule has 0 radical (unpaired) electrons. The van der Waals surface area contributed by atoms with Crippen molar-refractivity contribution in [3.8, 4) is 6.07 Å². The van der Waals surface area contributed by atoms with Gasteiger partial charge in [-0.15, -0.1) is 0 Å². The van der Waals surface area contributed by atoms with Crippen LogP contribution in [-0.2, 0) is 4.74 Å². The highest BCUT2D eigenvalue weighted by Crippen LogP contribution is 2.22. The first-order valence-corrected chi connectivity index (χ1v) is 8.51. The van der Waals surface area contributed by atoms with Crippen molar-refractivity contribution in [2.75, 3.05) is 52.5 Å². The molecular weight excluding hydrogens is 304 g/mol. The number of hydrogen-bond donors (Lipinski definition) is 0. The quantitative estimate of drug-likeness (QED) is 0.828. The summed E-state index contributed by atoms with van der Waals surface area (Å²) in [4.78, 5) is 18.4. The van der Waals surface area contributed by atoms with Crippen LogP contribution in [0.15, 0.2) is 24.3 Å². The minimum atomic E-state index is -0.244. The Balaban J connectivity index is 1.58. The van der Waals surface area contributed by atoms with E-state index < -0.39 is 0 Å². The van der Waals surface area contributed by atoms with Crippen molar-refractivity contribution in [3.63, 3.8) is 0 Å². The molecule has 6 heteroatoms. The zero-order valence-corrected chi connectivity index (χ0v) is 14.1. The molecule has 1 unspecified atom stereocenters. The van der Waals surface area contributed by atoms with E-state index in [1.54, 1.807) is 0 Å². The lowest BCUT2D eigenvalue weighted by Gasteiger charge is -2.39. The Kier molecular flexibility index (Phi) is 5.34. The third-order valence-corrected chi connectivity index (χ3v) is 4.75. The van der Waals surface area contributed by atoms with Gasteiger partial charge in [-0.25, -0.2) is 4.79 Å². The molecule has 0 spiro atoms. The summed E-state index contributed by atoms with van der Waals surface area (Å²) >= 11 is 0. The van der Waals surface area contributed by atoms with Crippen molar-refractivity contribution in [1.29, 1.82) is 5.26 Å². The first kappa shape index (κ1) is 16.7. The van der Waals surface area contributed by atoms with Gasteiger partial charge in [-0.1, -0.05) is 29.8 Å². The fraction of sp³-hybridized carbons (Fsp3) is 0.556. The lowest BCUT2D eigenvalue weighted by Crippen LogP contribution is -2.55. The Morgan fingerprint density at radius 3 is 2.21 bits per heavy atom. The number of amides is 2. The predicted octanol–water partition coefficient (Wildman–Crippen LogP) is 1.63. The minimum Gasteiger partial charge on any atom is -0.378 e. The first-order valence-electron chi connectivity index (χ1n) is 8.51. The van der Waals surface area contributed by atoms with Gasteiger partial charge in [0.15, 0.2) is 0 Å². The number of piperazine rings is 1. The Labute approximate surface area is 143 Å². The molecule has 1 atom stereocenters. The molecule has 0 aliphatic carbocycles. The van der Waals surface area contributed by atoms with Gasteiger partial charge in [0, 0.05) is 39.3 Å². The van der Waals surface area contributed by atoms with Crippen LogP contribution in [0.3, 0.4) is 0 Å².